The van der Waals surface area contributed by atoms with Crippen molar-refractivity contribution in [2.24, 2.45) is 7.05 Å². The maximum Gasteiger partial charge on any atom is 0.254 e. The first-order chi connectivity index (χ1) is 13.4. The molecule has 1 aromatic carbocycles. The molecule has 0 bridgehead atoms. The number of aryl methyl sites for hydroxylation is 2. The van der Waals surface area contributed by atoms with Crippen LogP contribution < -0.4 is 4.90 Å². The fourth-order valence-electron chi connectivity index (χ4n) is 3.50. The first-order valence-electron chi connectivity index (χ1n) is 9.34. The fourth-order valence-corrected chi connectivity index (χ4v) is 3.50. The highest BCUT2D eigenvalue weighted by Gasteiger charge is 2.25. The largest absolute Gasteiger partial charge is 0.378 e. The minimum atomic E-state index is 0.0479. The van der Waals surface area contributed by atoms with Crippen LogP contribution in [0.3, 0.4) is 0 Å². The van der Waals surface area contributed by atoms with Crippen molar-refractivity contribution in [3.05, 3.63) is 59.2 Å². The molecule has 3 heterocycles. The minimum Gasteiger partial charge on any atom is -0.378 e. The molecule has 7 heteroatoms. The summed E-state index contributed by atoms with van der Waals surface area (Å²) in [7, 11) is 5.85. The number of benzene rings is 1. The van der Waals surface area contributed by atoms with Gasteiger partial charge in [0.1, 0.15) is 0 Å². The molecule has 4 rings (SSSR count). The van der Waals surface area contributed by atoms with Crippen molar-refractivity contribution in [2.75, 3.05) is 25.5 Å². The Kier molecular flexibility index (Phi) is 4.58. The summed E-state index contributed by atoms with van der Waals surface area (Å²) >= 11 is 0. The Bertz CT molecular complexity index is 1020. The molecule has 0 saturated carbocycles. The van der Waals surface area contributed by atoms with E-state index in [0.717, 1.165) is 34.6 Å². The van der Waals surface area contributed by atoms with Gasteiger partial charge in [0.15, 0.2) is 5.82 Å². The molecule has 0 atom stereocenters. The molecule has 7 nitrogen and oxygen atoms in total. The first kappa shape index (κ1) is 18.2. The number of anilines is 1. The molecule has 28 heavy (non-hydrogen) atoms. The molecule has 0 N–H and O–H groups in total. The normalized spacial score (nSPS) is 13.4. The molecule has 0 radical (unpaired) electrons. The number of rotatable bonds is 3. The molecule has 0 aliphatic carbocycles. The Balaban J connectivity index is 1.57. The van der Waals surface area contributed by atoms with E-state index in [9.17, 15) is 4.79 Å². The smallest absolute Gasteiger partial charge is 0.254 e. The second-order valence-corrected chi connectivity index (χ2v) is 7.38. The predicted molar refractivity (Wildman–Crippen MR) is 108 cm³/mol. The molecule has 1 amide bonds. The van der Waals surface area contributed by atoms with Gasteiger partial charge in [-0.3, -0.25) is 9.48 Å². The van der Waals surface area contributed by atoms with Crippen LogP contribution in [0.25, 0.3) is 11.4 Å². The average Bonchev–Trinajstić information content (AvgIpc) is 3.13. The summed E-state index contributed by atoms with van der Waals surface area (Å²) in [5, 5.41) is 4.20. The highest BCUT2D eigenvalue weighted by molar-refractivity contribution is 5.94. The highest BCUT2D eigenvalue weighted by Crippen LogP contribution is 2.25. The van der Waals surface area contributed by atoms with Crippen LogP contribution in [-0.2, 0) is 20.0 Å². The summed E-state index contributed by atoms with van der Waals surface area (Å²) < 4.78 is 1.75. The molecule has 3 aromatic rings. The van der Waals surface area contributed by atoms with Crippen molar-refractivity contribution in [2.45, 2.75) is 19.9 Å². The van der Waals surface area contributed by atoms with Crippen molar-refractivity contribution in [1.29, 1.82) is 0 Å². The molecular formula is C21H24N6O. The Morgan fingerprint density at radius 1 is 1.14 bits per heavy atom. The summed E-state index contributed by atoms with van der Waals surface area (Å²) in [5.41, 5.74) is 5.69. The lowest BCUT2D eigenvalue weighted by Crippen LogP contribution is -2.37. The number of hydrogen-bond acceptors (Lipinski definition) is 5. The van der Waals surface area contributed by atoms with Gasteiger partial charge in [-0.2, -0.15) is 5.10 Å². The fraction of sp³-hybridized carbons (Fsp3) is 0.333. The second kappa shape index (κ2) is 7.07. The lowest BCUT2D eigenvalue weighted by Gasteiger charge is -2.29. The number of carbonyl (C=O) groups excluding carboxylic acids is 1. The van der Waals surface area contributed by atoms with Crippen LogP contribution >= 0.6 is 0 Å². The zero-order valence-electron chi connectivity index (χ0n) is 16.7. The van der Waals surface area contributed by atoms with Gasteiger partial charge in [0.25, 0.3) is 5.91 Å². The molecule has 0 spiro atoms. The molecule has 0 saturated heterocycles. The zero-order valence-corrected chi connectivity index (χ0v) is 16.7. The van der Waals surface area contributed by atoms with E-state index in [1.807, 2.05) is 68.3 Å². The van der Waals surface area contributed by atoms with E-state index in [1.165, 1.54) is 0 Å². The van der Waals surface area contributed by atoms with Gasteiger partial charge in [-0.05, 0) is 31.2 Å². The molecule has 2 aromatic heterocycles. The number of nitrogens with zero attached hydrogens (tertiary/aromatic N) is 6. The predicted octanol–water partition coefficient (Wildman–Crippen LogP) is 2.45. The monoisotopic (exact) mass is 376 g/mol. The number of carbonyl (C=O) groups is 1. The van der Waals surface area contributed by atoms with Crippen molar-refractivity contribution < 1.29 is 4.79 Å². The third kappa shape index (κ3) is 3.35. The third-order valence-corrected chi connectivity index (χ3v) is 5.15. The van der Waals surface area contributed by atoms with Crippen molar-refractivity contribution >= 4 is 11.6 Å². The number of fused-ring (bicyclic) bond motifs is 1. The third-order valence-electron chi connectivity index (χ3n) is 5.15. The van der Waals surface area contributed by atoms with Gasteiger partial charge in [0, 0.05) is 69.4 Å². The van der Waals surface area contributed by atoms with Gasteiger partial charge in [0.05, 0.1) is 17.5 Å². The average molecular weight is 376 g/mol. The van der Waals surface area contributed by atoms with Crippen LogP contribution in [0, 0.1) is 6.92 Å². The van der Waals surface area contributed by atoms with Gasteiger partial charge in [0.2, 0.25) is 0 Å². The van der Waals surface area contributed by atoms with E-state index in [-0.39, 0.29) is 5.91 Å². The Morgan fingerprint density at radius 2 is 1.89 bits per heavy atom. The lowest BCUT2D eigenvalue weighted by atomic mass is 10.0. The Labute approximate surface area is 164 Å². The summed E-state index contributed by atoms with van der Waals surface area (Å²) in [6.07, 6.45) is 4.42. The summed E-state index contributed by atoms with van der Waals surface area (Å²) in [6, 6.07) is 7.73. The van der Waals surface area contributed by atoms with E-state index >= 15 is 0 Å². The molecular weight excluding hydrogens is 352 g/mol. The van der Waals surface area contributed by atoms with Gasteiger partial charge in [-0.15, -0.1) is 0 Å². The van der Waals surface area contributed by atoms with Crippen molar-refractivity contribution in [1.82, 2.24) is 24.6 Å². The van der Waals surface area contributed by atoms with Crippen LogP contribution in [0.5, 0.6) is 0 Å². The molecule has 1 aliphatic rings. The minimum absolute atomic E-state index is 0.0479. The zero-order chi connectivity index (χ0) is 19.8. The van der Waals surface area contributed by atoms with Crippen molar-refractivity contribution in [3.63, 3.8) is 0 Å². The molecule has 1 aliphatic heterocycles. The second-order valence-electron chi connectivity index (χ2n) is 7.38. The summed E-state index contributed by atoms with van der Waals surface area (Å²) in [4.78, 5) is 26.3. The SMILES string of the molecule is Cc1nc(-c2cnn(C)c2)nc2c1CN(C(=O)c1ccc(N(C)C)cc1)CC2. The van der Waals surface area contributed by atoms with Gasteiger partial charge < -0.3 is 9.80 Å². The first-order valence-corrected chi connectivity index (χ1v) is 9.34. The van der Waals surface area contributed by atoms with E-state index < -0.39 is 0 Å². The highest BCUT2D eigenvalue weighted by atomic mass is 16.2. The van der Waals surface area contributed by atoms with E-state index in [2.05, 4.69) is 10.1 Å². The quantitative estimate of drug-likeness (QED) is 0.702. The Morgan fingerprint density at radius 3 is 2.54 bits per heavy atom. The molecule has 0 fully saturated rings. The van der Waals surface area contributed by atoms with Gasteiger partial charge >= 0.3 is 0 Å². The van der Waals surface area contributed by atoms with E-state index in [4.69, 9.17) is 4.98 Å². The maximum absolute atomic E-state index is 13.0. The topological polar surface area (TPSA) is 67.2 Å². The number of aromatic nitrogens is 4. The summed E-state index contributed by atoms with van der Waals surface area (Å²) in [6.45, 7) is 3.19. The van der Waals surface area contributed by atoms with E-state index in [1.54, 1.807) is 10.9 Å². The maximum atomic E-state index is 13.0. The number of hydrogen-bond donors (Lipinski definition) is 0. The van der Waals surface area contributed by atoms with Crippen molar-refractivity contribution in [3.8, 4) is 11.4 Å². The number of amides is 1. The van der Waals surface area contributed by atoms with Gasteiger partial charge in [-0.25, -0.2) is 9.97 Å². The van der Waals surface area contributed by atoms with Crippen LogP contribution in [-0.4, -0.2) is 51.2 Å². The van der Waals surface area contributed by atoms with Crippen LogP contribution in [0.1, 0.15) is 27.3 Å². The van der Waals surface area contributed by atoms with Crippen LogP contribution in [0.15, 0.2) is 36.7 Å². The van der Waals surface area contributed by atoms with E-state index in [0.29, 0.717) is 24.5 Å². The Hall–Kier alpha value is -3.22. The van der Waals surface area contributed by atoms with Crippen LogP contribution in [0.4, 0.5) is 5.69 Å². The molecule has 0 unspecified atom stereocenters. The summed E-state index contributed by atoms with van der Waals surface area (Å²) in [5.74, 6) is 0.745. The van der Waals surface area contributed by atoms with Crippen LogP contribution in [0.2, 0.25) is 0 Å². The van der Waals surface area contributed by atoms with Gasteiger partial charge in [-0.1, -0.05) is 0 Å². The lowest BCUT2D eigenvalue weighted by molar-refractivity contribution is 0.0733. The standard InChI is InChI=1S/C21H24N6O/c1-14-18-13-27(21(28)15-5-7-17(8-6-15)25(2)3)10-9-19(18)24-20(23-14)16-11-22-26(4)12-16/h5-8,11-12H,9-10,13H2,1-4H3. The molecule has 144 valence electrons.